The number of hydrogen-bond donors (Lipinski definition) is 1. The van der Waals surface area contributed by atoms with Gasteiger partial charge in [0.2, 0.25) is 0 Å². The van der Waals surface area contributed by atoms with E-state index in [4.69, 9.17) is 25.8 Å². The van der Waals surface area contributed by atoms with Gasteiger partial charge in [0.25, 0.3) is 0 Å². The van der Waals surface area contributed by atoms with Gasteiger partial charge in [-0.2, -0.15) is 5.10 Å². The molecule has 0 fully saturated rings. The zero-order chi connectivity index (χ0) is 17.7. The maximum atomic E-state index is 14.3. The molecule has 0 aliphatic rings. The molecule has 132 valence electrons. The molecule has 0 amide bonds. The van der Waals surface area contributed by atoms with E-state index in [1.165, 1.54) is 6.07 Å². The first-order valence-corrected chi connectivity index (χ1v) is 8.28. The first-order valence-electron chi connectivity index (χ1n) is 7.90. The molecule has 0 saturated heterocycles. The number of benzene rings is 1. The molecule has 2 aromatic rings. The van der Waals surface area contributed by atoms with Gasteiger partial charge >= 0.3 is 0 Å². The third-order valence-electron chi connectivity index (χ3n) is 3.15. The van der Waals surface area contributed by atoms with Crippen LogP contribution in [-0.4, -0.2) is 29.5 Å². The molecule has 0 aliphatic carbocycles. The van der Waals surface area contributed by atoms with Crippen molar-refractivity contribution in [1.82, 2.24) is 10.2 Å². The van der Waals surface area contributed by atoms with Crippen molar-refractivity contribution in [3.05, 3.63) is 34.7 Å². The van der Waals surface area contributed by atoms with E-state index in [-0.39, 0.29) is 11.1 Å². The van der Waals surface area contributed by atoms with Crippen molar-refractivity contribution in [2.45, 2.75) is 40.1 Å². The van der Waals surface area contributed by atoms with Crippen LogP contribution in [0.3, 0.4) is 0 Å². The van der Waals surface area contributed by atoms with Crippen LogP contribution in [-0.2, 0) is 9.47 Å². The predicted octanol–water partition coefficient (Wildman–Crippen LogP) is 4.73. The molecular weight excluding hydrogens is 335 g/mol. The highest BCUT2D eigenvalue weighted by Gasteiger charge is 2.19. The zero-order valence-corrected chi connectivity index (χ0v) is 15.0. The minimum atomic E-state index is -0.567. The molecular formula is C17H22ClFN2O3. The van der Waals surface area contributed by atoms with Crippen LogP contribution < -0.4 is 4.74 Å². The van der Waals surface area contributed by atoms with Crippen molar-refractivity contribution in [3.63, 3.8) is 0 Å². The van der Waals surface area contributed by atoms with Gasteiger partial charge in [0.05, 0.1) is 22.5 Å². The fourth-order valence-electron chi connectivity index (χ4n) is 2.20. The van der Waals surface area contributed by atoms with Gasteiger partial charge in [-0.3, -0.25) is 5.10 Å². The van der Waals surface area contributed by atoms with Crippen LogP contribution in [0.15, 0.2) is 18.2 Å². The van der Waals surface area contributed by atoms with E-state index < -0.39 is 12.1 Å². The van der Waals surface area contributed by atoms with Crippen molar-refractivity contribution in [2.24, 2.45) is 0 Å². The van der Waals surface area contributed by atoms with E-state index in [2.05, 4.69) is 10.2 Å². The molecule has 5 nitrogen and oxygen atoms in total. The largest absolute Gasteiger partial charge is 0.489 e. The molecule has 0 unspecified atom stereocenters. The number of ether oxygens (including phenoxy) is 3. The molecule has 1 heterocycles. The van der Waals surface area contributed by atoms with Gasteiger partial charge in [-0.1, -0.05) is 11.6 Å². The lowest BCUT2D eigenvalue weighted by Gasteiger charge is -2.14. The SMILES string of the molecule is CCOC(OCC)c1cc(-c2cc(OC(C)C)c(Cl)cc2F)n[nH]1. The first kappa shape index (κ1) is 18.7. The summed E-state index contributed by atoms with van der Waals surface area (Å²) >= 11 is 6.04. The molecule has 0 spiro atoms. The van der Waals surface area contributed by atoms with E-state index in [1.807, 2.05) is 27.7 Å². The Labute approximate surface area is 146 Å². The minimum Gasteiger partial charge on any atom is -0.489 e. The summed E-state index contributed by atoms with van der Waals surface area (Å²) < 4.78 is 30.9. The summed E-state index contributed by atoms with van der Waals surface area (Å²) in [4.78, 5) is 0. The smallest absolute Gasteiger partial charge is 0.200 e. The van der Waals surface area contributed by atoms with Gasteiger partial charge < -0.3 is 14.2 Å². The van der Waals surface area contributed by atoms with Crippen LogP contribution in [0.4, 0.5) is 4.39 Å². The molecule has 2 rings (SSSR count). The summed E-state index contributed by atoms with van der Waals surface area (Å²) in [6.45, 7) is 8.47. The number of aromatic nitrogens is 2. The molecule has 1 aromatic carbocycles. The van der Waals surface area contributed by atoms with Crippen LogP contribution in [0, 0.1) is 5.82 Å². The van der Waals surface area contributed by atoms with Gasteiger partial charge in [0, 0.05) is 18.8 Å². The summed E-state index contributed by atoms with van der Waals surface area (Å²) in [5.74, 6) is -0.0580. The van der Waals surface area contributed by atoms with E-state index in [0.29, 0.717) is 35.9 Å². The Kier molecular flexibility index (Phi) is 6.60. The van der Waals surface area contributed by atoms with E-state index >= 15 is 0 Å². The molecule has 1 N–H and O–H groups in total. The Bertz CT molecular complexity index is 670. The van der Waals surface area contributed by atoms with Gasteiger partial charge in [0.1, 0.15) is 11.6 Å². The second-order valence-corrected chi connectivity index (χ2v) is 5.79. The maximum absolute atomic E-state index is 14.3. The van der Waals surface area contributed by atoms with E-state index in [9.17, 15) is 4.39 Å². The van der Waals surface area contributed by atoms with Crippen LogP contribution in [0.2, 0.25) is 5.02 Å². The topological polar surface area (TPSA) is 56.4 Å². The van der Waals surface area contributed by atoms with Crippen molar-refractivity contribution in [2.75, 3.05) is 13.2 Å². The molecule has 0 bridgehead atoms. The highest BCUT2D eigenvalue weighted by molar-refractivity contribution is 6.32. The maximum Gasteiger partial charge on any atom is 0.200 e. The third kappa shape index (κ3) is 4.47. The van der Waals surface area contributed by atoms with Crippen LogP contribution >= 0.6 is 11.6 Å². The standard InChI is InChI=1S/C17H22ClFN2O3/c1-5-22-17(23-6-2)15-9-14(20-21-15)11-7-16(24-10(3)4)12(18)8-13(11)19/h7-10,17H,5-6H2,1-4H3,(H,20,21). The Morgan fingerprint density at radius 3 is 2.42 bits per heavy atom. The quantitative estimate of drug-likeness (QED) is 0.695. The van der Waals surface area contributed by atoms with Crippen LogP contribution in [0.25, 0.3) is 11.3 Å². The second-order valence-electron chi connectivity index (χ2n) is 5.38. The Morgan fingerprint density at radius 1 is 1.17 bits per heavy atom. The zero-order valence-electron chi connectivity index (χ0n) is 14.2. The average molecular weight is 357 g/mol. The lowest BCUT2D eigenvalue weighted by molar-refractivity contribution is -0.142. The fourth-order valence-corrected chi connectivity index (χ4v) is 2.39. The van der Waals surface area contributed by atoms with Gasteiger partial charge in [0.15, 0.2) is 6.29 Å². The lowest BCUT2D eigenvalue weighted by Crippen LogP contribution is -2.09. The molecule has 1 aromatic heterocycles. The van der Waals surface area contributed by atoms with Gasteiger partial charge in [-0.25, -0.2) is 4.39 Å². The van der Waals surface area contributed by atoms with E-state index in [0.717, 1.165) is 0 Å². The van der Waals surface area contributed by atoms with Gasteiger partial charge in [-0.05, 0) is 45.9 Å². The highest BCUT2D eigenvalue weighted by atomic mass is 35.5. The van der Waals surface area contributed by atoms with Crippen molar-refractivity contribution in [1.29, 1.82) is 0 Å². The number of nitrogens with zero attached hydrogens (tertiary/aromatic N) is 1. The highest BCUT2D eigenvalue weighted by Crippen LogP contribution is 2.34. The fraction of sp³-hybridized carbons (Fsp3) is 0.471. The number of rotatable bonds is 8. The van der Waals surface area contributed by atoms with Crippen molar-refractivity contribution in [3.8, 4) is 17.0 Å². The number of H-pyrrole nitrogens is 1. The number of nitrogens with one attached hydrogen (secondary N) is 1. The van der Waals surface area contributed by atoms with Crippen molar-refractivity contribution >= 4 is 11.6 Å². The third-order valence-corrected chi connectivity index (χ3v) is 3.44. The summed E-state index contributed by atoms with van der Waals surface area (Å²) in [5.41, 5.74) is 1.34. The molecule has 0 saturated carbocycles. The predicted molar refractivity (Wildman–Crippen MR) is 90.7 cm³/mol. The van der Waals surface area contributed by atoms with Crippen molar-refractivity contribution < 1.29 is 18.6 Å². The Balaban J connectivity index is 2.34. The van der Waals surface area contributed by atoms with Crippen LogP contribution in [0.5, 0.6) is 5.75 Å². The molecule has 7 heteroatoms. The minimum absolute atomic E-state index is 0.0733. The van der Waals surface area contributed by atoms with E-state index in [1.54, 1.807) is 12.1 Å². The average Bonchev–Trinajstić information content (AvgIpc) is 2.99. The second kappa shape index (κ2) is 8.46. The number of aromatic amines is 1. The lowest BCUT2D eigenvalue weighted by atomic mass is 10.1. The molecule has 0 radical (unpaired) electrons. The molecule has 24 heavy (non-hydrogen) atoms. The first-order chi connectivity index (χ1) is 11.5. The van der Waals surface area contributed by atoms with Gasteiger partial charge in [-0.15, -0.1) is 0 Å². The van der Waals surface area contributed by atoms with Crippen LogP contribution in [0.1, 0.15) is 39.7 Å². The number of halogens is 2. The summed E-state index contributed by atoms with van der Waals surface area (Å²) in [6.07, 6.45) is -0.640. The number of hydrogen-bond acceptors (Lipinski definition) is 4. The molecule has 0 aliphatic heterocycles. The summed E-state index contributed by atoms with van der Waals surface area (Å²) in [6, 6.07) is 4.47. The summed E-state index contributed by atoms with van der Waals surface area (Å²) in [5, 5.41) is 7.22. The summed E-state index contributed by atoms with van der Waals surface area (Å²) in [7, 11) is 0. The Morgan fingerprint density at radius 2 is 1.83 bits per heavy atom. The molecule has 0 atom stereocenters. The monoisotopic (exact) mass is 356 g/mol. The normalized spacial score (nSPS) is 11.5. The Hall–Kier alpha value is -1.63.